The molecule has 1 heterocycles. The molecule has 1 aromatic carbocycles. The SMILES string of the molecule is CC[C@@H](CC[C@H](NS(=O)(=O)c1ccccc1)B1O[C@]2(C)C[C@@H]3C[C@@H](C3(C)C)[C@]2(C)O1)CC(=O)OC(C)(C)C. The maximum absolute atomic E-state index is 13.4. The van der Waals surface area contributed by atoms with E-state index in [0.29, 0.717) is 31.1 Å². The van der Waals surface area contributed by atoms with E-state index in [1.54, 1.807) is 30.3 Å². The third-order valence-electron chi connectivity index (χ3n) is 9.59. The van der Waals surface area contributed by atoms with Gasteiger partial charge in [0.15, 0.2) is 0 Å². The lowest BCUT2D eigenvalue weighted by Crippen LogP contribution is -2.70. The Balaban J connectivity index is 1.54. The van der Waals surface area contributed by atoms with Crippen LogP contribution in [0.1, 0.15) is 93.9 Å². The van der Waals surface area contributed by atoms with Crippen molar-refractivity contribution in [3.05, 3.63) is 30.3 Å². The first kappa shape index (κ1) is 29.6. The normalized spacial score (nSPS) is 31.7. The number of benzene rings is 1. The Labute approximate surface area is 230 Å². The molecular weight excluding hydrogens is 501 g/mol. The Morgan fingerprint density at radius 3 is 2.37 bits per heavy atom. The lowest BCUT2D eigenvalue weighted by molar-refractivity contribution is -0.235. The molecule has 6 atom stereocenters. The molecule has 4 fully saturated rings. The number of rotatable bonds is 10. The molecular formula is C29H46BNO6S. The lowest BCUT2D eigenvalue weighted by Gasteiger charge is -2.67. The van der Waals surface area contributed by atoms with Crippen LogP contribution in [0.25, 0.3) is 0 Å². The third kappa shape index (κ3) is 5.58. The van der Waals surface area contributed by atoms with Crippen molar-refractivity contribution in [2.75, 3.05) is 0 Å². The number of sulfonamides is 1. The molecule has 1 aliphatic heterocycles. The summed E-state index contributed by atoms with van der Waals surface area (Å²) in [5.74, 6) is 0.172. The van der Waals surface area contributed by atoms with Crippen LogP contribution < -0.4 is 4.72 Å². The van der Waals surface area contributed by atoms with Gasteiger partial charge in [-0.25, -0.2) is 13.1 Å². The maximum atomic E-state index is 13.4. The minimum atomic E-state index is -3.80. The van der Waals surface area contributed by atoms with Crippen LogP contribution in [0.2, 0.25) is 0 Å². The van der Waals surface area contributed by atoms with Crippen molar-refractivity contribution in [1.82, 2.24) is 4.72 Å². The van der Waals surface area contributed by atoms with E-state index < -0.39 is 39.9 Å². The van der Waals surface area contributed by atoms with Crippen molar-refractivity contribution in [1.29, 1.82) is 0 Å². The highest BCUT2D eigenvalue weighted by molar-refractivity contribution is 7.89. The minimum Gasteiger partial charge on any atom is -0.460 e. The molecule has 212 valence electrons. The number of nitrogens with one attached hydrogen (secondary N) is 1. The summed E-state index contributed by atoms with van der Waals surface area (Å²) in [5.41, 5.74) is -1.33. The van der Waals surface area contributed by atoms with Crippen LogP contribution in [0.4, 0.5) is 0 Å². The van der Waals surface area contributed by atoms with Crippen molar-refractivity contribution in [3.63, 3.8) is 0 Å². The third-order valence-corrected chi connectivity index (χ3v) is 11.1. The van der Waals surface area contributed by atoms with Crippen molar-refractivity contribution >= 4 is 23.1 Å². The minimum absolute atomic E-state index is 0.0650. The summed E-state index contributed by atoms with van der Waals surface area (Å²) < 4.78 is 48.7. The molecule has 2 bridgehead atoms. The van der Waals surface area contributed by atoms with Gasteiger partial charge in [-0.1, -0.05) is 45.4 Å². The van der Waals surface area contributed by atoms with Crippen LogP contribution in [-0.2, 0) is 28.9 Å². The molecule has 0 spiro atoms. The van der Waals surface area contributed by atoms with E-state index in [0.717, 1.165) is 19.3 Å². The van der Waals surface area contributed by atoms with E-state index in [1.165, 1.54) is 0 Å². The zero-order chi connectivity index (χ0) is 28.1. The predicted molar refractivity (Wildman–Crippen MR) is 149 cm³/mol. The first-order valence-corrected chi connectivity index (χ1v) is 15.6. The summed E-state index contributed by atoms with van der Waals surface area (Å²) >= 11 is 0. The molecule has 4 aliphatic rings. The number of carbonyl (C=O) groups is 1. The van der Waals surface area contributed by atoms with Gasteiger partial charge in [0.1, 0.15) is 5.60 Å². The second kappa shape index (κ2) is 10.2. The first-order chi connectivity index (χ1) is 17.5. The van der Waals surface area contributed by atoms with Gasteiger partial charge in [0, 0.05) is 6.42 Å². The molecule has 0 unspecified atom stereocenters. The quantitative estimate of drug-likeness (QED) is 0.306. The topological polar surface area (TPSA) is 90.9 Å². The molecule has 3 saturated carbocycles. The van der Waals surface area contributed by atoms with Gasteiger partial charge in [-0.15, -0.1) is 0 Å². The molecule has 38 heavy (non-hydrogen) atoms. The number of esters is 1. The van der Waals surface area contributed by atoms with Gasteiger partial charge in [-0.3, -0.25) is 4.79 Å². The van der Waals surface area contributed by atoms with Gasteiger partial charge in [-0.05, 0) is 95.6 Å². The van der Waals surface area contributed by atoms with Crippen molar-refractivity contribution in [2.24, 2.45) is 23.2 Å². The highest BCUT2D eigenvalue weighted by atomic mass is 32.2. The van der Waals surface area contributed by atoms with Crippen LogP contribution in [0.15, 0.2) is 35.2 Å². The average Bonchev–Trinajstić information content (AvgIpc) is 3.11. The van der Waals surface area contributed by atoms with E-state index in [1.807, 2.05) is 27.7 Å². The van der Waals surface area contributed by atoms with Gasteiger partial charge in [0.25, 0.3) is 0 Å². The molecule has 1 N–H and O–H groups in total. The van der Waals surface area contributed by atoms with Crippen LogP contribution in [0.3, 0.4) is 0 Å². The molecule has 5 rings (SSSR count). The highest BCUT2D eigenvalue weighted by Crippen LogP contribution is 2.69. The zero-order valence-corrected chi connectivity index (χ0v) is 25.2. The van der Waals surface area contributed by atoms with E-state index in [9.17, 15) is 13.2 Å². The summed E-state index contributed by atoms with van der Waals surface area (Å²) in [4.78, 5) is 12.7. The Kier molecular flexibility index (Phi) is 7.94. The van der Waals surface area contributed by atoms with Crippen LogP contribution >= 0.6 is 0 Å². The number of carbonyl (C=O) groups excluding carboxylic acids is 1. The van der Waals surface area contributed by atoms with Gasteiger partial charge in [0.2, 0.25) is 10.0 Å². The Morgan fingerprint density at radius 1 is 1.13 bits per heavy atom. The molecule has 1 saturated heterocycles. The first-order valence-electron chi connectivity index (χ1n) is 14.2. The molecule has 0 radical (unpaired) electrons. The summed E-state index contributed by atoms with van der Waals surface area (Å²) in [6.45, 7) is 16.5. The highest BCUT2D eigenvalue weighted by Gasteiger charge is 2.73. The van der Waals surface area contributed by atoms with Crippen molar-refractivity contribution in [2.45, 2.75) is 122 Å². The van der Waals surface area contributed by atoms with Crippen molar-refractivity contribution < 1.29 is 27.3 Å². The Hall–Kier alpha value is -1.42. The standard InChI is InChI=1S/C29H46BNO6S/c1-9-20(17-25(32)35-26(2,3)4)15-16-24(31-38(33,34)22-13-11-10-12-14-22)30-36-28(7)19-21-18-23(27(21,5)6)29(28,8)37-30/h10-14,20-21,23-24,31H,9,15-19H2,1-8H3/t20-,21-,23-,24-,28+,29-/m0/s1. The van der Waals surface area contributed by atoms with E-state index in [-0.39, 0.29) is 22.2 Å². The largest absolute Gasteiger partial charge is 0.477 e. The molecule has 7 nitrogen and oxygen atoms in total. The van der Waals surface area contributed by atoms with Gasteiger partial charge in [-0.2, -0.15) is 0 Å². The summed E-state index contributed by atoms with van der Waals surface area (Å²) in [7, 11) is -4.51. The second-order valence-corrected chi connectivity index (χ2v) is 15.3. The fourth-order valence-electron chi connectivity index (χ4n) is 7.00. The molecule has 0 aromatic heterocycles. The number of hydrogen-bond acceptors (Lipinski definition) is 6. The van der Waals surface area contributed by atoms with E-state index in [2.05, 4.69) is 32.4 Å². The van der Waals surface area contributed by atoms with E-state index in [4.69, 9.17) is 14.0 Å². The summed E-state index contributed by atoms with van der Waals surface area (Å²) in [6.07, 6.45) is 4.23. The van der Waals surface area contributed by atoms with Gasteiger partial charge >= 0.3 is 13.1 Å². The van der Waals surface area contributed by atoms with Crippen LogP contribution in [0, 0.1) is 23.2 Å². The van der Waals surface area contributed by atoms with Crippen LogP contribution in [0.5, 0.6) is 0 Å². The lowest BCUT2D eigenvalue weighted by atomic mass is 9.41. The van der Waals surface area contributed by atoms with Crippen LogP contribution in [-0.4, -0.2) is 44.2 Å². The zero-order valence-electron chi connectivity index (χ0n) is 24.4. The smallest absolute Gasteiger partial charge is 0.460 e. The number of hydrogen-bond donors (Lipinski definition) is 1. The summed E-state index contributed by atoms with van der Waals surface area (Å²) in [5, 5.41) is 0. The molecule has 9 heteroatoms. The molecule has 1 aromatic rings. The number of ether oxygens (including phenoxy) is 1. The predicted octanol–water partition coefficient (Wildman–Crippen LogP) is 5.53. The monoisotopic (exact) mass is 547 g/mol. The van der Waals surface area contributed by atoms with Gasteiger partial charge in [0.05, 0.1) is 22.0 Å². The van der Waals surface area contributed by atoms with Gasteiger partial charge < -0.3 is 14.0 Å². The fraction of sp³-hybridized carbons (Fsp3) is 0.759. The second-order valence-electron chi connectivity index (χ2n) is 13.6. The maximum Gasteiger partial charge on any atom is 0.477 e. The molecule has 3 aliphatic carbocycles. The van der Waals surface area contributed by atoms with E-state index >= 15 is 0 Å². The fourth-order valence-corrected chi connectivity index (χ4v) is 8.28. The Bertz CT molecular complexity index is 1120. The Morgan fingerprint density at radius 2 is 1.79 bits per heavy atom. The summed E-state index contributed by atoms with van der Waals surface area (Å²) in [6, 6.07) is 8.40. The molecule has 0 amide bonds. The average molecular weight is 548 g/mol. The van der Waals surface area contributed by atoms with Crippen molar-refractivity contribution in [3.8, 4) is 0 Å².